The molecule has 0 aromatic carbocycles. The highest BCUT2D eigenvalue weighted by Crippen LogP contribution is 2.31. The van der Waals surface area contributed by atoms with Crippen LogP contribution >= 0.6 is 0 Å². The van der Waals surface area contributed by atoms with E-state index in [9.17, 15) is 13.2 Å². The van der Waals surface area contributed by atoms with Gasteiger partial charge in [-0.05, 0) is 0 Å². The van der Waals surface area contributed by atoms with Gasteiger partial charge in [-0.1, -0.05) is 20.8 Å². The van der Waals surface area contributed by atoms with E-state index < -0.39 is 17.5 Å². The molecule has 0 radical (unpaired) electrons. The molecule has 74 valence electrons. The van der Waals surface area contributed by atoms with Gasteiger partial charge in [-0.25, -0.2) is 4.98 Å². The maximum absolute atomic E-state index is 12.0. The Morgan fingerprint density at radius 2 is 1.77 bits per heavy atom. The van der Waals surface area contributed by atoms with Gasteiger partial charge in [0.15, 0.2) is 0 Å². The summed E-state index contributed by atoms with van der Waals surface area (Å²) in [4.78, 5) is 3.16. The molecule has 0 unspecified atom stereocenters. The Labute approximate surface area is 73.8 Å². The summed E-state index contributed by atoms with van der Waals surface area (Å²) in [6.45, 7) is 5.27. The van der Waals surface area contributed by atoms with E-state index in [1.54, 1.807) is 20.8 Å². The Bertz CT molecular complexity index is 267. The number of rotatable bonds is 0. The molecule has 0 aliphatic heterocycles. The predicted octanol–water partition coefficient (Wildman–Crippen LogP) is 2.99. The minimum atomic E-state index is -4.50. The molecule has 0 spiro atoms. The average molecular weight is 193 g/mol. The lowest BCUT2D eigenvalue weighted by Crippen LogP contribution is -2.10. The molecule has 13 heavy (non-hydrogen) atoms. The molecule has 1 aromatic heterocycles. The summed E-state index contributed by atoms with van der Waals surface area (Å²) in [7, 11) is 0. The van der Waals surface area contributed by atoms with Gasteiger partial charge in [0.1, 0.15) is 5.76 Å². The summed E-state index contributed by atoms with van der Waals surface area (Å²) in [6, 6.07) is 0. The minimum absolute atomic E-state index is 0.236. The number of oxazole rings is 1. The van der Waals surface area contributed by atoms with Crippen LogP contribution in [0.2, 0.25) is 0 Å². The van der Waals surface area contributed by atoms with E-state index in [-0.39, 0.29) is 5.76 Å². The summed E-state index contributed by atoms with van der Waals surface area (Å²) in [5, 5.41) is 0. The summed E-state index contributed by atoms with van der Waals surface area (Å²) in [6.07, 6.45) is -3.38. The highest BCUT2D eigenvalue weighted by Gasteiger charge is 2.38. The number of alkyl halides is 3. The molecule has 2 nitrogen and oxygen atoms in total. The minimum Gasteiger partial charge on any atom is -0.437 e. The van der Waals surface area contributed by atoms with Crippen molar-refractivity contribution in [1.82, 2.24) is 4.98 Å². The number of nitrogens with zero attached hydrogens (tertiary/aromatic N) is 1. The van der Waals surface area contributed by atoms with Gasteiger partial charge < -0.3 is 4.42 Å². The molecule has 5 heteroatoms. The van der Waals surface area contributed by atoms with E-state index in [0.717, 1.165) is 6.20 Å². The third-order valence-corrected chi connectivity index (χ3v) is 1.49. The van der Waals surface area contributed by atoms with Gasteiger partial charge in [-0.2, -0.15) is 13.2 Å². The number of hydrogen-bond donors (Lipinski definition) is 0. The van der Waals surface area contributed by atoms with Crippen molar-refractivity contribution in [2.24, 2.45) is 0 Å². The first-order valence-corrected chi connectivity index (χ1v) is 3.75. The van der Waals surface area contributed by atoms with E-state index in [1.165, 1.54) is 0 Å². The molecule has 0 saturated carbocycles. The molecule has 0 N–H and O–H groups in total. The summed E-state index contributed by atoms with van der Waals surface area (Å²) < 4.78 is 40.7. The molecule has 0 fully saturated rings. The Morgan fingerprint density at radius 3 is 2.00 bits per heavy atom. The van der Waals surface area contributed by atoms with Crippen LogP contribution in [0.1, 0.15) is 32.4 Å². The third kappa shape index (κ3) is 2.23. The van der Waals surface area contributed by atoms with Crippen molar-refractivity contribution < 1.29 is 17.6 Å². The monoisotopic (exact) mass is 193 g/mol. The number of hydrogen-bond acceptors (Lipinski definition) is 2. The second kappa shape index (κ2) is 2.75. The average Bonchev–Trinajstić information content (AvgIpc) is 2.28. The van der Waals surface area contributed by atoms with Gasteiger partial charge in [0.25, 0.3) is 0 Å². The van der Waals surface area contributed by atoms with Gasteiger partial charge in [0, 0.05) is 5.41 Å². The first kappa shape index (κ1) is 10.1. The molecular weight excluding hydrogens is 183 g/mol. The Kier molecular flexibility index (Phi) is 2.13. The van der Waals surface area contributed by atoms with E-state index in [1.807, 2.05) is 0 Å². The normalized spacial score (nSPS) is 13.4. The SMILES string of the molecule is CC(C)(C)c1cnc(C(F)(F)F)o1. The largest absolute Gasteiger partial charge is 0.468 e. The van der Waals surface area contributed by atoms with Crippen molar-refractivity contribution in [3.8, 4) is 0 Å². The van der Waals surface area contributed by atoms with Gasteiger partial charge in [-0.15, -0.1) is 0 Å². The standard InChI is InChI=1S/C8H10F3NO/c1-7(2,3)5-4-12-6(13-5)8(9,10)11/h4H,1-3H3. The fourth-order valence-electron chi connectivity index (χ4n) is 0.752. The molecule has 0 aliphatic rings. The smallest absolute Gasteiger partial charge is 0.437 e. The molecule has 0 saturated heterocycles. The summed E-state index contributed by atoms with van der Waals surface area (Å²) in [5.74, 6) is -0.947. The van der Waals surface area contributed by atoms with Crippen LogP contribution in [0.3, 0.4) is 0 Å². The van der Waals surface area contributed by atoms with E-state index in [2.05, 4.69) is 9.40 Å². The highest BCUT2D eigenvalue weighted by molar-refractivity contribution is 5.06. The Balaban J connectivity index is 3.01. The maximum atomic E-state index is 12.0. The van der Waals surface area contributed by atoms with Crippen LogP contribution in [0, 0.1) is 0 Å². The van der Waals surface area contributed by atoms with Crippen LogP contribution in [0.15, 0.2) is 10.6 Å². The number of aromatic nitrogens is 1. The predicted molar refractivity (Wildman–Crippen MR) is 40.2 cm³/mol. The van der Waals surface area contributed by atoms with E-state index in [4.69, 9.17) is 0 Å². The van der Waals surface area contributed by atoms with Crippen molar-refractivity contribution >= 4 is 0 Å². The van der Waals surface area contributed by atoms with Crippen LogP contribution in [-0.4, -0.2) is 4.98 Å². The van der Waals surface area contributed by atoms with Crippen molar-refractivity contribution in [3.05, 3.63) is 17.8 Å². The quantitative estimate of drug-likeness (QED) is 0.633. The Hall–Kier alpha value is -1.00. The molecule has 0 aliphatic carbocycles. The van der Waals surface area contributed by atoms with Crippen LogP contribution in [0.25, 0.3) is 0 Å². The van der Waals surface area contributed by atoms with E-state index >= 15 is 0 Å². The van der Waals surface area contributed by atoms with Gasteiger partial charge in [0.05, 0.1) is 6.20 Å². The summed E-state index contributed by atoms with van der Waals surface area (Å²) in [5.41, 5.74) is -0.448. The van der Waals surface area contributed by atoms with Crippen molar-refractivity contribution in [2.75, 3.05) is 0 Å². The van der Waals surface area contributed by atoms with Crippen LogP contribution in [-0.2, 0) is 11.6 Å². The first-order chi connectivity index (χ1) is 5.71. The van der Waals surface area contributed by atoms with Gasteiger partial charge >= 0.3 is 12.1 Å². The van der Waals surface area contributed by atoms with Crippen LogP contribution < -0.4 is 0 Å². The fourth-order valence-corrected chi connectivity index (χ4v) is 0.752. The van der Waals surface area contributed by atoms with Crippen LogP contribution in [0.5, 0.6) is 0 Å². The van der Waals surface area contributed by atoms with Crippen LogP contribution in [0.4, 0.5) is 13.2 Å². The molecule has 1 rings (SSSR count). The summed E-state index contributed by atoms with van der Waals surface area (Å²) >= 11 is 0. The van der Waals surface area contributed by atoms with Crippen molar-refractivity contribution in [1.29, 1.82) is 0 Å². The molecular formula is C8H10F3NO. The lowest BCUT2D eigenvalue weighted by atomic mass is 9.94. The maximum Gasteiger partial charge on any atom is 0.468 e. The topological polar surface area (TPSA) is 26.0 Å². The second-order valence-corrected chi connectivity index (χ2v) is 3.78. The molecule has 0 atom stereocenters. The van der Waals surface area contributed by atoms with Crippen molar-refractivity contribution in [3.63, 3.8) is 0 Å². The molecule has 1 aromatic rings. The lowest BCUT2D eigenvalue weighted by Gasteiger charge is -2.13. The second-order valence-electron chi connectivity index (χ2n) is 3.78. The zero-order valence-corrected chi connectivity index (χ0v) is 7.57. The fraction of sp³-hybridized carbons (Fsp3) is 0.625. The first-order valence-electron chi connectivity index (χ1n) is 3.75. The molecule has 1 heterocycles. The molecule has 0 amide bonds. The zero-order chi connectivity index (χ0) is 10.3. The third-order valence-electron chi connectivity index (χ3n) is 1.49. The lowest BCUT2D eigenvalue weighted by molar-refractivity contribution is -0.157. The van der Waals surface area contributed by atoms with Gasteiger partial charge in [0.2, 0.25) is 0 Å². The van der Waals surface area contributed by atoms with E-state index in [0.29, 0.717) is 0 Å². The van der Waals surface area contributed by atoms with Crippen molar-refractivity contribution in [2.45, 2.75) is 32.4 Å². The number of halogens is 3. The molecule has 0 bridgehead atoms. The van der Waals surface area contributed by atoms with Gasteiger partial charge in [-0.3, -0.25) is 0 Å². The zero-order valence-electron chi connectivity index (χ0n) is 7.57. The highest BCUT2D eigenvalue weighted by atomic mass is 19.4. The Morgan fingerprint density at radius 1 is 1.23 bits per heavy atom.